The molecule has 1 aromatic rings. The van der Waals surface area contributed by atoms with Gasteiger partial charge in [-0.25, -0.2) is 0 Å². The summed E-state index contributed by atoms with van der Waals surface area (Å²) < 4.78 is 5.94. The zero-order valence-corrected chi connectivity index (χ0v) is 10.9. The molecule has 94 valence electrons. The topological polar surface area (TPSA) is 21.3 Å². The maximum atomic E-state index is 5.94. The lowest BCUT2D eigenvalue weighted by atomic mass is 9.93. The van der Waals surface area contributed by atoms with Crippen LogP contribution in [0.15, 0.2) is 24.3 Å². The molecule has 0 aliphatic carbocycles. The molecule has 0 spiro atoms. The van der Waals surface area contributed by atoms with Gasteiger partial charge in [0.05, 0.1) is 12.1 Å². The lowest BCUT2D eigenvalue weighted by Crippen LogP contribution is -2.36. The third kappa shape index (κ3) is 3.08. The second-order valence-electron chi connectivity index (χ2n) is 4.80. The minimum Gasteiger partial charge on any atom is -0.376 e. The molecule has 2 nitrogen and oxygen atoms in total. The molecular weight excluding hydrogens is 210 g/mol. The lowest BCUT2D eigenvalue weighted by molar-refractivity contribution is -0.00799. The molecule has 2 atom stereocenters. The zero-order chi connectivity index (χ0) is 12.1. The Hall–Kier alpha value is -0.860. The average Bonchev–Trinajstić information content (AvgIpc) is 2.38. The van der Waals surface area contributed by atoms with Gasteiger partial charge in [0.2, 0.25) is 0 Å². The van der Waals surface area contributed by atoms with E-state index in [1.165, 1.54) is 30.4 Å². The van der Waals surface area contributed by atoms with E-state index < -0.39 is 0 Å². The summed E-state index contributed by atoms with van der Waals surface area (Å²) in [7, 11) is 0. The van der Waals surface area contributed by atoms with E-state index in [9.17, 15) is 0 Å². The minimum absolute atomic E-state index is 0.338. The molecule has 0 saturated carbocycles. The van der Waals surface area contributed by atoms with E-state index in [4.69, 9.17) is 4.74 Å². The first-order valence-corrected chi connectivity index (χ1v) is 6.73. The van der Waals surface area contributed by atoms with Crippen LogP contribution in [0.1, 0.15) is 43.4 Å². The highest BCUT2D eigenvalue weighted by Crippen LogP contribution is 2.28. The summed E-state index contributed by atoms with van der Waals surface area (Å²) in [5, 5.41) is 3.58. The predicted octanol–water partition coefficient (Wildman–Crippen LogP) is 3.21. The molecule has 2 heteroatoms. The summed E-state index contributed by atoms with van der Waals surface area (Å²) in [6.45, 7) is 6.24. The second-order valence-corrected chi connectivity index (χ2v) is 4.80. The molecule has 2 rings (SSSR count). The molecule has 1 saturated heterocycles. The zero-order valence-electron chi connectivity index (χ0n) is 10.9. The fraction of sp³-hybridized carbons (Fsp3) is 0.600. The van der Waals surface area contributed by atoms with Gasteiger partial charge >= 0.3 is 0 Å². The van der Waals surface area contributed by atoms with Crippen molar-refractivity contribution in [1.29, 1.82) is 0 Å². The van der Waals surface area contributed by atoms with Crippen molar-refractivity contribution in [2.45, 2.75) is 45.3 Å². The third-order valence-corrected chi connectivity index (χ3v) is 3.53. The summed E-state index contributed by atoms with van der Waals surface area (Å²) in [5.74, 6) is 0. The first-order chi connectivity index (χ1) is 8.33. The van der Waals surface area contributed by atoms with Gasteiger partial charge in [-0.3, -0.25) is 0 Å². The Morgan fingerprint density at radius 3 is 2.82 bits per heavy atom. The Morgan fingerprint density at radius 2 is 2.18 bits per heavy atom. The molecule has 0 bridgehead atoms. The summed E-state index contributed by atoms with van der Waals surface area (Å²) in [4.78, 5) is 0. The van der Waals surface area contributed by atoms with Crippen LogP contribution in [0.4, 0.5) is 0 Å². The average molecular weight is 233 g/mol. The van der Waals surface area contributed by atoms with Crippen LogP contribution in [0.5, 0.6) is 0 Å². The SMILES string of the molecule is CCNC(c1ccccc1C)C1CCCCO1. The van der Waals surface area contributed by atoms with Gasteiger partial charge in [-0.1, -0.05) is 31.2 Å². The standard InChI is InChI=1S/C15H23NO/c1-3-16-15(14-10-6-7-11-17-14)13-9-5-4-8-12(13)2/h4-5,8-9,14-16H,3,6-7,10-11H2,1-2H3. The van der Waals surface area contributed by atoms with Gasteiger partial charge < -0.3 is 10.1 Å². The predicted molar refractivity (Wildman–Crippen MR) is 71.2 cm³/mol. The molecule has 1 aliphatic heterocycles. The fourth-order valence-corrected chi connectivity index (χ4v) is 2.63. The monoisotopic (exact) mass is 233 g/mol. The first kappa shape index (κ1) is 12.6. The number of hydrogen-bond acceptors (Lipinski definition) is 2. The third-order valence-electron chi connectivity index (χ3n) is 3.53. The van der Waals surface area contributed by atoms with Crippen LogP contribution in [-0.2, 0) is 4.74 Å². The highest BCUT2D eigenvalue weighted by atomic mass is 16.5. The normalized spacial score (nSPS) is 22.4. The van der Waals surface area contributed by atoms with Crippen LogP contribution < -0.4 is 5.32 Å². The van der Waals surface area contributed by atoms with Crippen molar-refractivity contribution in [2.24, 2.45) is 0 Å². The maximum Gasteiger partial charge on any atom is 0.0769 e. The van der Waals surface area contributed by atoms with Crippen LogP contribution in [0.2, 0.25) is 0 Å². The van der Waals surface area contributed by atoms with Crippen LogP contribution >= 0.6 is 0 Å². The molecule has 1 N–H and O–H groups in total. The number of hydrogen-bond donors (Lipinski definition) is 1. The Balaban J connectivity index is 2.18. The molecule has 0 aromatic heterocycles. The molecule has 0 amide bonds. The summed E-state index contributed by atoms with van der Waals surface area (Å²) >= 11 is 0. The van der Waals surface area contributed by atoms with Crippen LogP contribution in [-0.4, -0.2) is 19.3 Å². The Kier molecular flexibility index (Phi) is 4.57. The first-order valence-electron chi connectivity index (χ1n) is 6.73. The van der Waals surface area contributed by atoms with E-state index in [1.54, 1.807) is 0 Å². The molecule has 1 heterocycles. The molecule has 17 heavy (non-hydrogen) atoms. The van der Waals surface area contributed by atoms with Crippen molar-refractivity contribution in [3.63, 3.8) is 0 Å². The number of rotatable bonds is 4. The number of ether oxygens (including phenoxy) is 1. The van der Waals surface area contributed by atoms with E-state index in [1.807, 2.05) is 0 Å². The molecule has 0 radical (unpaired) electrons. The Bertz CT molecular complexity index is 345. The van der Waals surface area contributed by atoms with E-state index in [0.29, 0.717) is 12.1 Å². The number of aryl methyl sites for hydroxylation is 1. The largest absolute Gasteiger partial charge is 0.376 e. The van der Waals surface area contributed by atoms with Gasteiger partial charge in [0.15, 0.2) is 0 Å². The number of benzene rings is 1. The maximum absolute atomic E-state index is 5.94. The van der Waals surface area contributed by atoms with Crippen molar-refractivity contribution < 1.29 is 4.74 Å². The van der Waals surface area contributed by atoms with E-state index >= 15 is 0 Å². The molecule has 1 aliphatic rings. The Morgan fingerprint density at radius 1 is 1.35 bits per heavy atom. The molecule has 1 fully saturated rings. The summed E-state index contributed by atoms with van der Waals surface area (Å²) in [5.41, 5.74) is 2.74. The van der Waals surface area contributed by atoms with Crippen LogP contribution in [0.25, 0.3) is 0 Å². The highest BCUT2D eigenvalue weighted by Gasteiger charge is 2.25. The minimum atomic E-state index is 0.338. The van der Waals surface area contributed by atoms with Crippen molar-refractivity contribution in [1.82, 2.24) is 5.32 Å². The number of nitrogens with one attached hydrogen (secondary N) is 1. The van der Waals surface area contributed by atoms with E-state index in [0.717, 1.165) is 13.2 Å². The smallest absolute Gasteiger partial charge is 0.0769 e. The number of likely N-dealkylation sites (N-methyl/N-ethyl adjacent to an activating group) is 1. The Labute approximate surface area is 104 Å². The van der Waals surface area contributed by atoms with Gasteiger partial charge in [0, 0.05) is 6.61 Å². The fourth-order valence-electron chi connectivity index (χ4n) is 2.63. The summed E-state index contributed by atoms with van der Waals surface area (Å²) in [6, 6.07) is 8.98. The summed E-state index contributed by atoms with van der Waals surface area (Å²) in [6.07, 6.45) is 4.01. The molecule has 2 unspecified atom stereocenters. The van der Waals surface area contributed by atoms with Crippen molar-refractivity contribution in [3.05, 3.63) is 35.4 Å². The molecule has 1 aromatic carbocycles. The van der Waals surface area contributed by atoms with E-state index in [2.05, 4.69) is 43.4 Å². The highest BCUT2D eigenvalue weighted by molar-refractivity contribution is 5.29. The van der Waals surface area contributed by atoms with Crippen LogP contribution in [0, 0.1) is 6.92 Å². The van der Waals surface area contributed by atoms with E-state index in [-0.39, 0.29) is 0 Å². The quantitative estimate of drug-likeness (QED) is 0.862. The van der Waals surface area contributed by atoms with Gasteiger partial charge in [-0.2, -0.15) is 0 Å². The van der Waals surface area contributed by atoms with Crippen LogP contribution in [0.3, 0.4) is 0 Å². The van der Waals surface area contributed by atoms with Crippen molar-refractivity contribution >= 4 is 0 Å². The second kappa shape index (κ2) is 6.18. The lowest BCUT2D eigenvalue weighted by Gasteiger charge is -2.32. The van der Waals surface area contributed by atoms with Gasteiger partial charge in [-0.05, 0) is 43.9 Å². The van der Waals surface area contributed by atoms with Gasteiger partial charge in [0.25, 0.3) is 0 Å². The van der Waals surface area contributed by atoms with Crippen molar-refractivity contribution in [3.8, 4) is 0 Å². The van der Waals surface area contributed by atoms with Gasteiger partial charge in [0.1, 0.15) is 0 Å². The van der Waals surface area contributed by atoms with Gasteiger partial charge in [-0.15, -0.1) is 0 Å². The molecular formula is C15H23NO. The van der Waals surface area contributed by atoms with Crippen molar-refractivity contribution in [2.75, 3.05) is 13.2 Å².